The van der Waals surface area contributed by atoms with E-state index in [2.05, 4.69) is 15.1 Å². The number of carbonyl (C=O) groups excluding carboxylic acids is 1. The zero-order valence-corrected chi connectivity index (χ0v) is 13.6. The van der Waals surface area contributed by atoms with Gasteiger partial charge in [-0.3, -0.25) is 9.59 Å². The highest BCUT2D eigenvalue weighted by molar-refractivity contribution is 5.94. The van der Waals surface area contributed by atoms with Crippen molar-refractivity contribution in [2.75, 3.05) is 0 Å². The fourth-order valence-corrected chi connectivity index (χ4v) is 2.84. The van der Waals surface area contributed by atoms with Gasteiger partial charge >= 0.3 is 0 Å². The van der Waals surface area contributed by atoms with Crippen molar-refractivity contribution < 1.29 is 9.32 Å². The van der Waals surface area contributed by atoms with Crippen LogP contribution in [-0.2, 0) is 6.42 Å². The average molecular weight is 346 g/mol. The first-order chi connectivity index (χ1) is 12.6. The summed E-state index contributed by atoms with van der Waals surface area (Å²) in [5.41, 5.74) is 7.06. The molecule has 128 valence electrons. The van der Waals surface area contributed by atoms with Gasteiger partial charge in [0.25, 0.3) is 11.4 Å². The first-order valence-electron chi connectivity index (χ1n) is 7.94. The van der Waals surface area contributed by atoms with Crippen molar-refractivity contribution in [3.05, 3.63) is 82.0 Å². The van der Waals surface area contributed by atoms with Crippen LogP contribution >= 0.6 is 0 Å². The summed E-state index contributed by atoms with van der Waals surface area (Å²) in [6, 6.07) is 14.2. The summed E-state index contributed by atoms with van der Waals surface area (Å²) in [6.45, 7) is 0. The molecule has 0 aliphatic carbocycles. The molecule has 0 spiro atoms. The monoisotopic (exact) mass is 346 g/mol. The number of aromatic amines is 1. The summed E-state index contributed by atoms with van der Waals surface area (Å²) in [6.07, 6.45) is 1.96. The Labute approximate surface area is 147 Å². The smallest absolute Gasteiger partial charge is 0.260 e. The topological polar surface area (TPSA) is 115 Å². The van der Waals surface area contributed by atoms with E-state index in [1.54, 1.807) is 36.5 Å². The van der Waals surface area contributed by atoms with E-state index >= 15 is 0 Å². The summed E-state index contributed by atoms with van der Waals surface area (Å²) in [5.74, 6) is 0.302. The summed E-state index contributed by atoms with van der Waals surface area (Å²) in [4.78, 5) is 30.3. The van der Waals surface area contributed by atoms with Crippen molar-refractivity contribution >= 4 is 16.7 Å². The van der Waals surface area contributed by atoms with E-state index in [9.17, 15) is 9.59 Å². The molecule has 0 atom stereocenters. The molecule has 1 amide bonds. The number of amides is 1. The number of primary amides is 1. The maximum Gasteiger partial charge on any atom is 0.260 e. The third-order valence-corrected chi connectivity index (χ3v) is 4.08. The highest BCUT2D eigenvalue weighted by atomic mass is 16.5. The molecule has 2 aromatic heterocycles. The van der Waals surface area contributed by atoms with E-state index in [0.717, 1.165) is 10.9 Å². The van der Waals surface area contributed by atoms with E-state index in [-0.39, 0.29) is 5.56 Å². The standard InChI is InChI=1S/C19H14N4O3/c20-17(24)12-5-3-4-11(8-12)9-16-22-19(26-23-16)15-10-21-18(25)14-7-2-1-6-13(14)15/h1-8,10H,9H2,(H2,20,24)(H,21,25). The minimum atomic E-state index is -0.486. The first-order valence-corrected chi connectivity index (χ1v) is 7.94. The molecule has 4 rings (SSSR count). The van der Waals surface area contributed by atoms with Gasteiger partial charge in [0.2, 0.25) is 5.91 Å². The molecule has 0 saturated heterocycles. The van der Waals surface area contributed by atoms with Crippen LogP contribution in [-0.4, -0.2) is 21.0 Å². The predicted octanol–water partition coefficient (Wildman–Crippen LogP) is 2.27. The van der Waals surface area contributed by atoms with Crippen LogP contribution in [0, 0.1) is 0 Å². The van der Waals surface area contributed by atoms with Gasteiger partial charge in [-0.05, 0) is 23.8 Å². The van der Waals surface area contributed by atoms with E-state index in [1.807, 2.05) is 18.2 Å². The molecule has 0 fully saturated rings. The van der Waals surface area contributed by atoms with Gasteiger partial charge in [0.1, 0.15) is 0 Å². The van der Waals surface area contributed by atoms with Crippen LogP contribution in [0.4, 0.5) is 0 Å². The Kier molecular flexibility index (Phi) is 3.81. The molecule has 26 heavy (non-hydrogen) atoms. The Hall–Kier alpha value is -3.74. The van der Waals surface area contributed by atoms with Gasteiger partial charge in [0.05, 0.1) is 5.56 Å². The number of hydrogen-bond donors (Lipinski definition) is 2. The van der Waals surface area contributed by atoms with E-state index in [4.69, 9.17) is 10.3 Å². The first kappa shape index (κ1) is 15.8. The van der Waals surface area contributed by atoms with Crippen molar-refractivity contribution in [3.8, 4) is 11.5 Å². The molecule has 0 saturated carbocycles. The van der Waals surface area contributed by atoms with Crippen LogP contribution in [0.5, 0.6) is 0 Å². The lowest BCUT2D eigenvalue weighted by atomic mass is 10.1. The molecule has 4 aromatic rings. The molecule has 7 heteroatoms. The fraction of sp³-hybridized carbons (Fsp3) is 0.0526. The summed E-state index contributed by atoms with van der Waals surface area (Å²) < 4.78 is 5.37. The van der Waals surface area contributed by atoms with Gasteiger partial charge in [-0.2, -0.15) is 4.98 Å². The van der Waals surface area contributed by atoms with Gasteiger partial charge in [-0.15, -0.1) is 0 Å². The fourth-order valence-electron chi connectivity index (χ4n) is 2.84. The van der Waals surface area contributed by atoms with Gasteiger partial charge in [0, 0.05) is 29.0 Å². The molecule has 0 bridgehead atoms. The number of H-pyrrole nitrogens is 1. The number of nitrogens with zero attached hydrogens (tertiary/aromatic N) is 2. The van der Waals surface area contributed by atoms with Crippen molar-refractivity contribution in [1.29, 1.82) is 0 Å². The predicted molar refractivity (Wildman–Crippen MR) is 95.6 cm³/mol. The number of hydrogen-bond acceptors (Lipinski definition) is 5. The zero-order valence-electron chi connectivity index (χ0n) is 13.6. The number of aromatic nitrogens is 3. The quantitative estimate of drug-likeness (QED) is 0.588. The average Bonchev–Trinajstić information content (AvgIpc) is 3.10. The Morgan fingerprint density at radius 3 is 2.73 bits per heavy atom. The molecule has 0 unspecified atom stereocenters. The Balaban J connectivity index is 1.69. The number of carbonyl (C=O) groups is 1. The molecule has 3 N–H and O–H groups in total. The molecule has 2 aromatic carbocycles. The second-order valence-electron chi connectivity index (χ2n) is 5.83. The third-order valence-electron chi connectivity index (χ3n) is 4.08. The van der Waals surface area contributed by atoms with Crippen molar-refractivity contribution in [2.24, 2.45) is 5.73 Å². The number of pyridine rings is 1. The third kappa shape index (κ3) is 2.86. The Morgan fingerprint density at radius 1 is 1.12 bits per heavy atom. The largest absolute Gasteiger partial charge is 0.366 e. The second-order valence-corrected chi connectivity index (χ2v) is 5.83. The van der Waals surface area contributed by atoms with Gasteiger partial charge in [0.15, 0.2) is 5.82 Å². The molecule has 0 aliphatic heterocycles. The van der Waals surface area contributed by atoms with Crippen LogP contribution in [0.25, 0.3) is 22.2 Å². The molecular weight excluding hydrogens is 332 g/mol. The van der Waals surface area contributed by atoms with Crippen molar-refractivity contribution in [2.45, 2.75) is 6.42 Å². The van der Waals surface area contributed by atoms with Gasteiger partial charge in [-0.25, -0.2) is 0 Å². The molecule has 2 heterocycles. The van der Waals surface area contributed by atoms with Crippen molar-refractivity contribution in [3.63, 3.8) is 0 Å². The Bertz CT molecular complexity index is 1180. The van der Waals surface area contributed by atoms with E-state index < -0.39 is 5.91 Å². The van der Waals surface area contributed by atoms with Gasteiger partial charge in [-0.1, -0.05) is 35.5 Å². The van der Waals surface area contributed by atoms with E-state index in [0.29, 0.717) is 34.6 Å². The van der Waals surface area contributed by atoms with Crippen LogP contribution in [0.15, 0.2) is 64.0 Å². The number of fused-ring (bicyclic) bond motifs is 1. The van der Waals surface area contributed by atoms with Crippen molar-refractivity contribution in [1.82, 2.24) is 15.1 Å². The van der Waals surface area contributed by atoms with Crippen LogP contribution < -0.4 is 11.3 Å². The number of nitrogens with one attached hydrogen (secondary N) is 1. The summed E-state index contributed by atoms with van der Waals surface area (Å²) in [7, 11) is 0. The van der Waals surface area contributed by atoms with Crippen LogP contribution in [0.2, 0.25) is 0 Å². The lowest BCUT2D eigenvalue weighted by molar-refractivity contribution is 0.1000. The SMILES string of the molecule is NC(=O)c1cccc(Cc2noc(-c3c[nH]c(=O)c4ccccc34)n2)c1. The molecular formula is C19H14N4O3. The van der Waals surface area contributed by atoms with Gasteiger partial charge < -0.3 is 15.2 Å². The molecule has 0 radical (unpaired) electrons. The minimum absolute atomic E-state index is 0.174. The summed E-state index contributed by atoms with van der Waals surface area (Å²) >= 11 is 0. The zero-order chi connectivity index (χ0) is 18.1. The number of benzene rings is 2. The maximum absolute atomic E-state index is 11.9. The van der Waals surface area contributed by atoms with E-state index in [1.165, 1.54) is 0 Å². The number of nitrogens with two attached hydrogens (primary N) is 1. The van der Waals surface area contributed by atoms with Crippen LogP contribution in [0.3, 0.4) is 0 Å². The lowest BCUT2D eigenvalue weighted by Crippen LogP contribution is -2.11. The van der Waals surface area contributed by atoms with Crippen LogP contribution in [0.1, 0.15) is 21.7 Å². The number of rotatable bonds is 4. The molecule has 0 aliphatic rings. The normalized spacial score (nSPS) is 10.9. The molecule has 7 nitrogen and oxygen atoms in total. The lowest BCUT2D eigenvalue weighted by Gasteiger charge is -2.01. The highest BCUT2D eigenvalue weighted by Crippen LogP contribution is 2.25. The summed E-state index contributed by atoms with van der Waals surface area (Å²) in [5, 5.41) is 5.29. The maximum atomic E-state index is 11.9. The Morgan fingerprint density at radius 2 is 1.92 bits per heavy atom. The minimum Gasteiger partial charge on any atom is -0.366 e. The highest BCUT2D eigenvalue weighted by Gasteiger charge is 2.14. The second kappa shape index (κ2) is 6.29.